The van der Waals surface area contributed by atoms with E-state index in [1.807, 2.05) is 6.07 Å². The van der Waals surface area contributed by atoms with Crippen LogP contribution in [-0.4, -0.2) is 66.7 Å². The number of amides is 2. The molecule has 2 amide bonds. The highest BCUT2D eigenvalue weighted by atomic mass is 31.2. The second-order valence-electron chi connectivity index (χ2n) is 8.91. The summed E-state index contributed by atoms with van der Waals surface area (Å²) in [5.41, 5.74) is 0.0209. The largest absolute Gasteiger partial charge is 0.459 e. The molecule has 0 aliphatic heterocycles. The maximum atomic E-state index is 12.8. The van der Waals surface area contributed by atoms with Crippen LogP contribution in [0.1, 0.15) is 53.0 Å². The zero-order valence-corrected chi connectivity index (χ0v) is 22.5. The van der Waals surface area contributed by atoms with E-state index < -0.39 is 49.9 Å². The van der Waals surface area contributed by atoms with E-state index in [1.54, 1.807) is 58.9 Å². The SMILES string of the molecule is CCOP(=O)(CCC(O)CC(NC(=O)OCc1ccccc1)C(=O)NCC(=O)OC(C)(C)C)OCC. The van der Waals surface area contributed by atoms with Crippen LogP contribution in [0.25, 0.3) is 0 Å². The van der Waals surface area contributed by atoms with Crippen LogP contribution in [0.15, 0.2) is 30.3 Å². The molecular formula is C24H39N2O9P. The maximum Gasteiger partial charge on any atom is 0.408 e. The number of nitrogens with one attached hydrogen (secondary N) is 2. The lowest BCUT2D eigenvalue weighted by molar-refractivity contribution is -0.154. The molecule has 0 fully saturated rings. The van der Waals surface area contributed by atoms with Gasteiger partial charge in [0.25, 0.3) is 0 Å². The number of rotatable bonds is 15. The van der Waals surface area contributed by atoms with Crippen LogP contribution in [0.3, 0.4) is 0 Å². The summed E-state index contributed by atoms with van der Waals surface area (Å²) in [6, 6.07) is 7.73. The Kier molecular flexibility index (Phi) is 13.7. The summed E-state index contributed by atoms with van der Waals surface area (Å²) in [5, 5.41) is 15.3. The minimum absolute atomic E-state index is 0.00608. The number of ether oxygens (including phenoxy) is 2. The molecule has 0 aromatic heterocycles. The van der Waals surface area contributed by atoms with Gasteiger partial charge in [0.1, 0.15) is 24.8 Å². The second kappa shape index (κ2) is 15.6. The number of aliphatic hydroxyl groups is 1. The third kappa shape index (κ3) is 13.6. The van der Waals surface area contributed by atoms with E-state index in [4.69, 9.17) is 18.5 Å². The van der Waals surface area contributed by atoms with Crippen molar-refractivity contribution in [3.8, 4) is 0 Å². The number of carbonyl (C=O) groups is 3. The van der Waals surface area contributed by atoms with Crippen molar-refractivity contribution >= 4 is 25.6 Å². The highest BCUT2D eigenvalue weighted by Crippen LogP contribution is 2.48. The summed E-state index contributed by atoms with van der Waals surface area (Å²) >= 11 is 0. The Bertz CT molecular complexity index is 864. The Morgan fingerprint density at radius 3 is 2.22 bits per heavy atom. The molecule has 2 atom stereocenters. The van der Waals surface area contributed by atoms with Crippen LogP contribution in [0.5, 0.6) is 0 Å². The van der Waals surface area contributed by atoms with E-state index in [9.17, 15) is 24.1 Å². The van der Waals surface area contributed by atoms with Crippen molar-refractivity contribution in [2.75, 3.05) is 25.9 Å². The number of esters is 1. The van der Waals surface area contributed by atoms with Gasteiger partial charge >= 0.3 is 19.7 Å². The standard InChI is InChI=1S/C24H39N2O9P/c1-6-33-36(31,34-7-2)14-13-19(27)15-20(22(29)25-16-21(28)35-24(3,4)5)26-23(30)32-17-18-11-9-8-10-12-18/h8-12,19-20,27H,6-7,13-17H2,1-5H3,(H,25,29)(H,26,30). The van der Waals surface area contributed by atoms with Gasteiger partial charge in [-0.15, -0.1) is 0 Å². The van der Waals surface area contributed by atoms with E-state index in [0.717, 1.165) is 5.56 Å². The number of alkyl carbamates (subject to hydrolysis) is 1. The third-order valence-corrected chi connectivity index (χ3v) is 6.65. The average molecular weight is 531 g/mol. The molecular weight excluding hydrogens is 491 g/mol. The van der Waals surface area contributed by atoms with Crippen LogP contribution in [0, 0.1) is 0 Å². The van der Waals surface area contributed by atoms with Crippen LogP contribution < -0.4 is 10.6 Å². The second-order valence-corrected chi connectivity index (χ2v) is 11.1. The van der Waals surface area contributed by atoms with E-state index in [0.29, 0.717) is 0 Å². The lowest BCUT2D eigenvalue weighted by Gasteiger charge is -2.23. The van der Waals surface area contributed by atoms with Crippen LogP contribution in [0.4, 0.5) is 4.79 Å². The zero-order chi connectivity index (χ0) is 27.2. The zero-order valence-electron chi connectivity index (χ0n) is 21.7. The molecule has 0 heterocycles. The Hall–Kier alpha value is -2.46. The molecule has 3 N–H and O–H groups in total. The number of carbonyl (C=O) groups excluding carboxylic acids is 3. The van der Waals surface area contributed by atoms with Gasteiger partial charge in [0.05, 0.1) is 25.5 Å². The van der Waals surface area contributed by atoms with Gasteiger partial charge in [-0.1, -0.05) is 30.3 Å². The maximum absolute atomic E-state index is 12.8. The van der Waals surface area contributed by atoms with Gasteiger partial charge in [-0.25, -0.2) is 4.79 Å². The van der Waals surface area contributed by atoms with Crippen LogP contribution in [-0.2, 0) is 39.3 Å². The molecule has 0 saturated heterocycles. The summed E-state index contributed by atoms with van der Waals surface area (Å²) in [5.74, 6) is -1.37. The summed E-state index contributed by atoms with van der Waals surface area (Å²) in [6.07, 6.45) is -2.31. The molecule has 0 radical (unpaired) electrons. The fourth-order valence-electron chi connectivity index (χ4n) is 3.06. The highest BCUT2D eigenvalue weighted by molar-refractivity contribution is 7.53. The molecule has 1 aromatic rings. The number of hydrogen-bond acceptors (Lipinski definition) is 9. The summed E-state index contributed by atoms with van der Waals surface area (Å²) in [6.45, 7) is 8.35. The summed E-state index contributed by atoms with van der Waals surface area (Å²) in [4.78, 5) is 37.1. The fourth-order valence-corrected chi connectivity index (χ4v) is 4.79. The molecule has 12 heteroatoms. The molecule has 204 valence electrons. The Labute approximate surface area is 212 Å². The molecule has 2 unspecified atom stereocenters. The Balaban J connectivity index is 2.79. The first-order valence-corrected chi connectivity index (χ1v) is 13.6. The van der Waals surface area contributed by atoms with Crippen molar-refractivity contribution in [2.45, 2.75) is 71.8 Å². The quantitative estimate of drug-likeness (QED) is 0.230. The van der Waals surface area contributed by atoms with E-state index in [2.05, 4.69) is 10.6 Å². The van der Waals surface area contributed by atoms with Gasteiger partial charge in [0, 0.05) is 6.42 Å². The van der Waals surface area contributed by atoms with Gasteiger partial charge in [-0.05, 0) is 46.6 Å². The van der Waals surface area contributed by atoms with Gasteiger partial charge in [-0.3, -0.25) is 14.2 Å². The van der Waals surface area contributed by atoms with Crippen LogP contribution in [0.2, 0.25) is 0 Å². The van der Waals surface area contributed by atoms with Crippen LogP contribution >= 0.6 is 7.60 Å². The first kappa shape index (κ1) is 31.6. The van der Waals surface area contributed by atoms with E-state index in [1.165, 1.54) is 0 Å². The molecule has 0 spiro atoms. The first-order valence-electron chi connectivity index (χ1n) is 11.9. The number of aliphatic hydroxyl groups excluding tert-OH is 1. The minimum Gasteiger partial charge on any atom is -0.459 e. The van der Waals surface area contributed by atoms with Crippen molar-refractivity contribution in [2.24, 2.45) is 0 Å². The Morgan fingerprint density at radius 1 is 1.06 bits per heavy atom. The highest BCUT2D eigenvalue weighted by Gasteiger charge is 2.29. The van der Waals surface area contributed by atoms with Crippen molar-refractivity contribution in [3.05, 3.63) is 35.9 Å². The smallest absolute Gasteiger partial charge is 0.408 e. The molecule has 1 rings (SSSR count). The van der Waals surface area contributed by atoms with Crippen molar-refractivity contribution in [1.82, 2.24) is 10.6 Å². The third-order valence-electron chi connectivity index (χ3n) is 4.54. The summed E-state index contributed by atoms with van der Waals surface area (Å²) < 4.78 is 33.4. The number of hydrogen-bond donors (Lipinski definition) is 3. The molecule has 11 nitrogen and oxygen atoms in total. The predicted molar refractivity (Wildman–Crippen MR) is 133 cm³/mol. The Morgan fingerprint density at radius 2 is 1.67 bits per heavy atom. The molecule has 36 heavy (non-hydrogen) atoms. The molecule has 0 saturated carbocycles. The topological polar surface area (TPSA) is 149 Å². The van der Waals surface area contributed by atoms with E-state index >= 15 is 0 Å². The van der Waals surface area contributed by atoms with E-state index in [-0.39, 0.29) is 38.8 Å². The number of benzene rings is 1. The van der Waals surface area contributed by atoms with Crippen molar-refractivity contribution in [1.29, 1.82) is 0 Å². The normalized spacial score (nSPS) is 13.4. The average Bonchev–Trinajstić information content (AvgIpc) is 2.79. The van der Waals surface area contributed by atoms with Gasteiger partial charge in [-0.2, -0.15) is 0 Å². The van der Waals surface area contributed by atoms with Crippen molar-refractivity contribution < 1.29 is 42.6 Å². The fraction of sp³-hybridized carbons (Fsp3) is 0.625. The van der Waals surface area contributed by atoms with Crippen molar-refractivity contribution in [3.63, 3.8) is 0 Å². The van der Waals surface area contributed by atoms with Gasteiger partial charge in [0.15, 0.2) is 0 Å². The van der Waals surface area contributed by atoms with Gasteiger partial charge in [0.2, 0.25) is 5.91 Å². The monoisotopic (exact) mass is 530 g/mol. The summed E-state index contributed by atoms with van der Waals surface area (Å²) in [7, 11) is -3.39. The first-order chi connectivity index (χ1) is 16.9. The molecule has 0 aliphatic carbocycles. The molecule has 0 aliphatic rings. The predicted octanol–water partition coefficient (Wildman–Crippen LogP) is 3.15. The molecule has 0 bridgehead atoms. The minimum atomic E-state index is -3.39. The lowest BCUT2D eigenvalue weighted by atomic mass is 10.1. The van der Waals surface area contributed by atoms with Gasteiger partial charge < -0.3 is 34.3 Å². The molecule has 1 aromatic carbocycles. The lowest BCUT2D eigenvalue weighted by Crippen LogP contribution is -2.50.